The number of aromatic nitrogens is 2. The van der Waals surface area contributed by atoms with Gasteiger partial charge in [-0.3, -0.25) is 9.52 Å². The monoisotopic (exact) mass is 691 g/mol. The number of benzene rings is 2. The van der Waals surface area contributed by atoms with Crippen molar-refractivity contribution in [2.45, 2.75) is 68.2 Å². The SMILES string of the molecule is C[C@@H]1CCCCO[C@H](CN(C)S(=O)(=O)c2cn(C)cn2)[C@@H](C)CN([C@H](C)CO)C(=O)c2cc(NS(=O)(=O)c3ccccc3)ccc2O1. The van der Waals surface area contributed by atoms with Gasteiger partial charge >= 0.3 is 0 Å². The fourth-order valence-corrected chi connectivity index (χ4v) is 7.51. The van der Waals surface area contributed by atoms with E-state index in [1.54, 1.807) is 48.9 Å². The number of ether oxygens (including phenoxy) is 2. The van der Waals surface area contributed by atoms with E-state index in [0.717, 1.165) is 6.42 Å². The van der Waals surface area contributed by atoms with Crippen molar-refractivity contribution in [3.05, 3.63) is 66.6 Å². The fraction of sp³-hybridized carbons (Fsp3) is 0.500. The second-order valence-electron chi connectivity index (χ2n) is 12.1. The van der Waals surface area contributed by atoms with Gasteiger partial charge in [0.15, 0.2) is 5.03 Å². The molecule has 0 saturated heterocycles. The Morgan fingerprint density at radius 3 is 2.49 bits per heavy atom. The Hall–Kier alpha value is -3.50. The smallest absolute Gasteiger partial charge is 0.261 e. The zero-order valence-corrected chi connectivity index (χ0v) is 29.1. The summed E-state index contributed by atoms with van der Waals surface area (Å²) in [6, 6.07) is 11.8. The number of rotatable bonds is 9. The van der Waals surface area contributed by atoms with E-state index in [1.165, 1.54) is 47.0 Å². The number of nitrogens with one attached hydrogen (secondary N) is 1. The van der Waals surface area contributed by atoms with Crippen molar-refractivity contribution in [1.82, 2.24) is 18.8 Å². The Kier molecular flexibility index (Phi) is 12.1. The van der Waals surface area contributed by atoms with Gasteiger partial charge in [-0.05, 0) is 63.4 Å². The highest BCUT2D eigenvalue weighted by Crippen LogP contribution is 2.30. The van der Waals surface area contributed by atoms with Crippen LogP contribution in [-0.4, -0.2) is 98.2 Å². The van der Waals surface area contributed by atoms with Crippen molar-refractivity contribution in [3.8, 4) is 5.75 Å². The van der Waals surface area contributed by atoms with Crippen LogP contribution in [0.4, 0.5) is 5.69 Å². The van der Waals surface area contributed by atoms with Crippen molar-refractivity contribution < 1.29 is 36.2 Å². The number of nitrogens with zero attached hydrogens (tertiary/aromatic N) is 4. The average Bonchev–Trinajstić information content (AvgIpc) is 3.49. The molecule has 15 heteroatoms. The lowest BCUT2D eigenvalue weighted by molar-refractivity contribution is -0.00835. The minimum atomic E-state index is -3.94. The Bertz CT molecular complexity index is 1720. The van der Waals surface area contributed by atoms with Gasteiger partial charge in [0.2, 0.25) is 0 Å². The quantitative estimate of drug-likeness (QED) is 0.343. The molecule has 0 saturated carbocycles. The topological polar surface area (TPSA) is 160 Å². The van der Waals surface area contributed by atoms with Gasteiger partial charge in [-0.15, -0.1) is 0 Å². The molecule has 4 atom stereocenters. The third kappa shape index (κ3) is 9.11. The molecule has 258 valence electrons. The number of anilines is 1. The van der Waals surface area contributed by atoms with E-state index in [9.17, 15) is 26.7 Å². The molecule has 1 amide bonds. The number of fused-ring (bicyclic) bond motifs is 1. The first-order chi connectivity index (χ1) is 22.2. The molecular weight excluding hydrogens is 647 g/mol. The third-order valence-electron chi connectivity index (χ3n) is 8.15. The number of aryl methyl sites for hydroxylation is 1. The molecule has 4 rings (SSSR count). The lowest BCUT2D eigenvalue weighted by Crippen LogP contribution is -2.48. The van der Waals surface area contributed by atoms with E-state index in [-0.39, 0.29) is 52.9 Å². The summed E-state index contributed by atoms with van der Waals surface area (Å²) in [7, 11) is -4.69. The number of carbonyl (C=O) groups is 1. The predicted octanol–water partition coefficient (Wildman–Crippen LogP) is 3.34. The lowest BCUT2D eigenvalue weighted by atomic mass is 10.0. The standard InChI is InChI=1S/C32H45N5O8S2/c1-23-18-37(24(2)21-38)32(39)28-17-26(34-46(40,41)27-12-7-6-8-13-27)14-15-29(28)45-25(3)11-9-10-16-44-30(23)19-36(5)47(42,43)31-20-35(4)22-33-31/h6-8,12-15,17,20,22-25,30,34,38H,9-11,16,18-19,21H2,1-5H3/t23-,24+,25+,30+/m0/s1. The lowest BCUT2D eigenvalue weighted by Gasteiger charge is -2.35. The van der Waals surface area contributed by atoms with Crippen LogP contribution in [0.3, 0.4) is 0 Å². The minimum Gasteiger partial charge on any atom is -0.490 e. The first-order valence-corrected chi connectivity index (χ1v) is 18.5. The number of hydrogen-bond acceptors (Lipinski definition) is 9. The van der Waals surface area contributed by atoms with Gasteiger partial charge in [0, 0.05) is 51.6 Å². The largest absolute Gasteiger partial charge is 0.490 e. The number of aliphatic hydroxyl groups excluding tert-OH is 1. The molecular formula is C32H45N5O8S2. The molecule has 1 aliphatic heterocycles. The number of hydrogen-bond donors (Lipinski definition) is 2. The molecule has 3 aromatic rings. The van der Waals surface area contributed by atoms with Gasteiger partial charge in [-0.2, -0.15) is 4.31 Å². The molecule has 2 N–H and O–H groups in total. The molecule has 2 aromatic carbocycles. The summed E-state index contributed by atoms with van der Waals surface area (Å²) in [6.45, 7) is 5.62. The first kappa shape index (κ1) is 36.3. The molecule has 2 heterocycles. The van der Waals surface area contributed by atoms with Gasteiger partial charge in [0.25, 0.3) is 26.0 Å². The summed E-state index contributed by atoms with van der Waals surface area (Å²) in [5.74, 6) is -0.564. The second kappa shape index (κ2) is 15.6. The van der Waals surface area contributed by atoms with Crippen LogP contribution in [-0.2, 0) is 31.8 Å². The maximum atomic E-state index is 14.3. The molecule has 0 bridgehead atoms. The molecule has 0 radical (unpaired) electrons. The summed E-state index contributed by atoms with van der Waals surface area (Å²) >= 11 is 0. The van der Waals surface area contributed by atoms with Crippen LogP contribution in [0.1, 0.15) is 50.4 Å². The molecule has 13 nitrogen and oxygen atoms in total. The summed E-state index contributed by atoms with van der Waals surface area (Å²) in [5.41, 5.74) is 0.299. The van der Waals surface area contributed by atoms with E-state index in [0.29, 0.717) is 25.2 Å². The molecule has 1 aromatic heterocycles. The second-order valence-corrected chi connectivity index (χ2v) is 15.8. The number of sulfonamides is 2. The van der Waals surface area contributed by atoms with Gasteiger partial charge in [-0.1, -0.05) is 25.1 Å². The van der Waals surface area contributed by atoms with Gasteiger partial charge in [0.05, 0.1) is 41.6 Å². The summed E-state index contributed by atoms with van der Waals surface area (Å²) < 4.78 is 70.6. The fourth-order valence-electron chi connectivity index (χ4n) is 5.30. The van der Waals surface area contributed by atoms with E-state index in [1.807, 2.05) is 13.8 Å². The van der Waals surface area contributed by atoms with E-state index < -0.39 is 38.1 Å². The first-order valence-electron chi connectivity index (χ1n) is 15.6. The van der Waals surface area contributed by atoms with E-state index >= 15 is 0 Å². The van der Waals surface area contributed by atoms with Gasteiger partial charge in [-0.25, -0.2) is 21.8 Å². The van der Waals surface area contributed by atoms with Crippen molar-refractivity contribution in [2.75, 3.05) is 38.1 Å². The number of aliphatic hydroxyl groups is 1. The molecule has 0 aliphatic carbocycles. The van der Waals surface area contributed by atoms with Crippen LogP contribution in [0.25, 0.3) is 0 Å². The molecule has 47 heavy (non-hydrogen) atoms. The third-order valence-corrected chi connectivity index (χ3v) is 11.3. The molecule has 0 spiro atoms. The summed E-state index contributed by atoms with van der Waals surface area (Å²) in [5, 5.41) is 10.1. The normalized spacial score (nSPS) is 21.0. The zero-order valence-electron chi connectivity index (χ0n) is 27.4. The van der Waals surface area contributed by atoms with Crippen LogP contribution in [0.15, 0.2) is 71.0 Å². The maximum absolute atomic E-state index is 14.3. The van der Waals surface area contributed by atoms with Crippen molar-refractivity contribution in [1.29, 1.82) is 0 Å². The Labute approximate surface area is 277 Å². The number of likely N-dealkylation sites (N-methyl/N-ethyl adjacent to an activating group) is 1. The van der Waals surface area contributed by atoms with Crippen LogP contribution < -0.4 is 9.46 Å². The minimum absolute atomic E-state index is 0.0110. The van der Waals surface area contributed by atoms with E-state index in [4.69, 9.17) is 9.47 Å². The van der Waals surface area contributed by atoms with E-state index in [2.05, 4.69) is 9.71 Å². The van der Waals surface area contributed by atoms with Crippen LogP contribution in [0.2, 0.25) is 0 Å². The highest BCUT2D eigenvalue weighted by molar-refractivity contribution is 7.92. The number of amides is 1. The summed E-state index contributed by atoms with van der Waals surface area (Å²) in [4.78, 5) is 19.9. The predicted molar refractivity (Wildman–Crippen MR) is 177 cm³/mol. The van der Waals surface area contributed by atoms with Crippen molar-refractivity contribution >= 4 is 31.6 Å². The Balaban J connectivity index is 1.68. The Morgan fingerprint density at radius 1 is 1.11 bits per heavy atom. The highest BCUT2D eigenvalue weighted by Gasteiger charge is 2.33. The van der Waals surface area contributed by atoms with Crippen LogP contribution in [0, 0.1) is 5.92 Å². The molecule has 0 unspecified atom stereocenters. The average molecular weight is 692 g/mol. The highest BCUT2D eigenvalue weighted by atomic mass is 32.2. The van der Waals surface area contributed by atoms with Crippen molar-refractivity contribution in [2.24, 2.45) is 13.0 Å². The number of carbonyl (C=O) groups excluding carboxylic acids is 1. The maximum Gasteiger partial charge on any atom is 0.261 e. The molecule has 1 aliphatic rings. The summed E-state index contributed by atoms with van der Waals surface area (Å²) in [6.07, 6.45) is 4.10. The number of imidazole rings is 1. The van der Waals surface area contributed by atoms with Crippen LogP contribution >= 0.6 is 0 Å². The molecule has 0 fully saturated rings. The van der Waals surface area contributed by atoms with Gasteiger partial charge in [0.1, 0.15) is 5.75 Å². The van der Waals surface area contributed by atoms with Crippen molar-refractivity contribution in [3.63, 3.8) is 0 Å². The Morgan fingerprint density at radius 2 is 1.83 bits per heavy atom. The van der Waals surface area contributed by atoms with Crippen LogP contribution in [0.5, 0.6) is 5.75 Å². The van der Waals surface area contributed by atoms with Gasteiger partial charge < -0.3 is 24.0 Å². The zero-order chi connectivity index (χ0) is 34.4.